The van der Waals surface area contributed by atoms with Crippen LogP contribution in [-0.2, 0) is 15.6 Å². The standard InChI is InChI=1S/C33H36N2O.ClH/c1-36-27-32(28-13-5-2-6-14-28)20-24-35(25-21-32)26-22-33(29-15-7-3-8-16-29,30-17-9-4-10-18-30)31-19-11-12-23-34-31;/h2-19,23H,20-22,24-27H2,1H3;1H. The maximum atomic E-state index is 5.74. The first-order chi connectivity index (χ1) is 17.8. The van der Waals surface area contributed by atoms with Crippen LogP contribution in [0.15, 0.2) is 115 Å². The molecule has 0 amide bonds. The predicted octanol–water partition coefficient (Wildman–Crippen LogP) is 6.91. The zero-order valence-electron chi connectivity index (χ0n) is 21.6. The van der Waals surface area contributed by atoms with Crippen LogP contribution in [0.1, 0.15) is 41.6 Å². The van der Waals surface area contributed by atoms with Gasteiger partial charge in [-0.3, -0.25) is 4.98 Å². The Bertz CT molecular complexity index is 1100. The molecule has 1 saturated heterocycles. The Kier molecular flexibility index (Phi) is 9.15. The summed E-state index contributed by atoms with van der Waals surface area (Å²) in [4.78, 5) is 7.56. The second-order valence-corrected chi connectivity index (χ2v) is 10.0. The van der Waals surface area contributed by atoms with Gasteiger partial charge in [0.2, 0.25) is 0 Å². The van der Waals surface area contributed by atoms with Gasteiger partial charge in [0.25, 0.3) is 0 Å². The first kappa shape index (κ1) is 27.1. The SMILES string of the molecule is COCC1(c2ccccc2)CCN(CCC(c2ccccc2)(c2ccccc2)c2ccccn2)CC1.Cl. The number of piperidine rings is 1. The summed E-state index contributed by atoms with van der Waals surface area (Å²) >= 11 is 0. The van der Waals surface area contributed by atoms with E-state index in [-0.39, 0.29) is 23.2 Å². The minimum atomic E-state index is -0.301. The lowest BCUT2D eigenvalue weighted by atomic mass is 9.69. The number of rotatable bonds is 9. The number of methoxy groups -OCH3 is 1. The van der Waals surface area contributed by atoms with Crippen LogP contribution in [0.5, 0.6) is 0 Å². The van der Waals surface area contributed by atoms with Gasteiger partial charge in [0.15, 0.2) is 0 Å². The molecule has 4 aromatic rings. The van der Waals surface area contributed by atoms with Gasteiger partial charge in [-0.1, -0.05) is 97.1 Å². The van der Waals surface area contributed by atoms with E-state index in [0.717, 1.165) is 51.2 Å². The molecule has 3 nitrogen and oxygen atoms in total. The molecule has 1 aromatic heterocycles. The van der Waals surface area contributed by atoms with Crippen molar-refractivity contribution in [1.29, 1.82) is 0 Å². The minimum Gasteiger partial charge on any atom is -0.384 e. The normalized spacial score (nSPS) is 15.6. The van der Waals surface area contributed by atoms with Gasteiger partial charge in [0, 0.05) is 18.7 Å². The van der Waals surface area contributed by atoms with Gasteiger partial charge in [0.1, 0.15) is 0 Å². The first-order valence-corrected chi connectivity index (χ1v) is 13.1. The molecule has 2 heterocycles. The largest absolute Gasteiger partial charge is 0.384 e. The van der Waals surface area contributed by atoms with E-state index in [0.29, 0.717) is 0 Å². The molecule has 37 heavy (non-hydrogen) atoms. The maximum absolute atomic E-state index is 5.74. The fourth-order valence-electron chi connectivity index (χ4n) is 6.05. The number of hydrogen-bond acceptors (Lipinski definition) is 3. The summed E-state index contributed by atoms with van der Waals surface area (Å²) in [6.07, 6.45) is 5.12. The summed E-state index contributed by atoms with van der Waals surface area (Å²) in [5.74, 6) is 0. The molecule has 0 spiro atoms. The van der Waals surface area contributed by atoms with Crippen molar-refractivity contribution in [2.75, 3.05) is 33.4 Å². The van der Waals surface area contributed by atoms with Crippen LogP contribution >= 0.6 is 12.4 Å². The summed E-state index contributed by atoms with van der Waals surface area (Å²) < 4.78 is 5.74. The Morgan fingerprint density at radius 1 is 0.757 bits per heavy atom. The Labute approximate surface area is 227 Å². The highest BCUT2D eigenvalue weighted by Gasteiger charge is 2.40. The Morgan fingerprint density at radius 2 is 1.30 bits per heavy atom. The molecule has 1 aliphatic heterocycles. The van der Waals surface area contributed by atoms with E-state index in [1.165, 1.54) is 16.7 Å². The van der Waals surface area contributed by atoms with E-state index < -0.39 is 0 Å². The van der Waals surface area contributed by atoms with Gasteiger partial charge in [0.05, 0.1) is 17.7 Å². The number of pyridine rings is 1. The zero-order chi connectivity index (χ0) is 24.7. The molecule has 0 radical (unpaired) electrons. The lowest BCUT2D eigenvalue weighted by Gasteiger charge is -2.43. The molecule has 0 unspecified atom stereocenters. The summed E-state index contributed by atoms with van der Waals surface area (Å²) in [6.45, 7) is 3.93. The van der Waals surface area contributed by atoms with Crippen molar-refractivity contribution in [3.63, 3.8) is 0 Å². The van der Waals surface area contributed by atoms with Crippen LogP contribution in [0.25, 0.3) is 0 Å². The van der Waals surface area contributed by atoms with Crippen LogP contribution in [0.2, 0.25) is 0 Å². The monoisotopic (exact) mass is 512 g/mol. The predicted molar refractivity (Wildman–Crippen MR) is 155 cm³/mol. The van der Waals surface area contributed by atoms with E-state index in [2.05, 4.69) is 108 Å². The fraction of sp³-hybridized carbons (Fsp3) is 0.303. The van der Waals surface area contributed by atoms with Gasteiger partial charge >= 0.3 is 0 Å². The highest BCUT2D eigenvalue weighted by molar-refractivity contribution is 5.85. The number of likely N-dealkylation sites (tertiary alicyclic amines) is 1. The summed E-state index contributed by atoms with van der Waals surface area (Å²) in [6, 6.07) is 39.1. The second-order valence-electron chi connectivity index (χ2n) is 10.0. The number of benzene rings is 3. The van der Waals surface area contributed by atoms with Crippen LogP contribution in [0.3, 0.4) is 0 Å². The molecular weight excluding hydrogens is 476 g/mol. The van der Waals surface area contributed by atoms with Gasteiger partial charge in [-0.05, 0) is 67.7 Å². The molecule has 1 aliphatic rings. The van der Waals surface area contributed by atoms with Crippen molar-refractivity contribution in [1.82, 2.24) is 9.88 Å². The van der Waals surface area contributed by atoms with Crippen LogP contribution < -0.4 is 0 Å². The highest BCUT2D eigenvalue weighted by atomic mass is 35.5. The third-order valence-corrected chi connectivity index (χ3v) is 8.06. The van der Waals surface area contributed by atoms with E-state index in [1.807, 2.05) is 19.4 Å². The third-order valence-electron chi connectivity index (χ3n) is 8.06. The lowest BCUT2D eigenvalue weighted by Crippen LogP contribution is -2.46. The molecule has 0 saturated carbocycles. The van der Waals surface area contributed by atoms with Crippen LogP contribution in [0.4, 0.5) is 0 Å². The summed E-state index contributed by atoms with van der Waals surface area (Å²) in [7, 11) is 1.83. The summed E-state index contributed by atoms with van der Waals surface area (Å²) in [5, 5.41) is 0. The molecule has 1 fully saturated rings. The molecular formula is C33H37ClN2O. The Balaban J connectivity index is 0.00000320. The number of halogens is 1. The van der Waals surface area contributed by atoms with Gasteiger partial charge in [-0.15, -0.1) is 12.4 Å². The number of nitrogens with zero attached hydrogens (tertiary/aromatic N) is 2. The third kappa shape index (κ3) is 5.65. The second kappa shape index (κ2) is 12.5. The van der Waals surface area contributed by atoms with Crippen molar-refractivity contribution in [3.8, 4) is 0 Å². The molecule has 4 heteroatoms. The van der Waals surface area contributed by atoms with Crippen LogP contribution in [-0.4, -0.2) is 43.2 Å². The van der Waals surface area contributed by atoms with E-state index in [9.17, 15) is 0 Å². The van der Waals surface area contributed by atoms with Gasteiger partial charge in [-0.25, -0.2) is 0 Å². The zero-order valence-corrected chi connectivity index (χ0v) is 22.4. The average molecular weight is 513 g/mol. The molecule has 5 rings (SSSR count). The van der Waals surface area contributed by atoms with E-state index in [4.69, 9.17) is 9.72 Å². The number of aromatic nitrogens is 1. The Hall–Kier alpha value is -2.98. The van der Waals surface area contributed by atoms with Crippen molar-refractivity contribution < 1.29 is 4.74 Å². The molecule has 0 bridgehead atoms. The fourth-order valence-corrected chi connectivity index (χ4v) is 6.05. The average Bonchev–Trinajstić information content (AvgIpc) is 2.97. The van der Waals surface area contributed by atoms with Gasteiger partial charge < -0.3 is 9.64 Å². The molecule has 0 atom stereocenters. The first-order valence-electron chi connectivity index (χ1n) is 13.1. The van der Waals surface area contributed by atoms with Gasteiger partial charge in [-0.2, -0.15) is 0 Å². The maximum Gasteiger partial charge on any atom is 0.0635 e. The smallest absolute Gasteiger partial charge is 0.0635 e. The molecule has 0 N–H and O–H groups in total. The highest BCUT2D eigenvalue weighted by Crippen LogP contribution is 2.42. The number of hydrogen-bond donors (Lipinski definition) is 0. The quantitative estimate of drug-likeness (QED) is 0.243. The molecule has 3 aromatic carbocycles. The van der Waals surface area contributed by atoms with E-state index >= 15 is 0 Å². The van der Waals surface area contributed by atoms with Crippen LogP contribution in [0, 0.1) is 0 Å². The minimum absolute atomic E-state index is 0. The summed E-state index contributed by atoms with van der Waals surface area (Å²) in [5.41, 5.74) is 4.91. The molecule has 0 aliphatic carbocycles. The van der Waals surface area contributed by atoms with Crippen molar-refractivity contribution in [2.24, 2.45) is 0 Å². The molecule has 192 valence electrons. The number of ether oxygens (including phenoxy) is 1. The Morgan fingerprint density at radius 3 is 1.81 bits per heavy atom. The van der Waals surface area contributed by atoms with Crippen molar-refractivity contribution in [3.05, 3.63) is 138 Å². The van der Waals surface area contributed by atoms with E-state index in [1.54, 1.807) is 0 Å². The topological polar surface area (TPSA) is 25.4 Å². The lowest BCUT2D eigenvalue weighted by molar-refractivity contribution is 0.0710. The van der Waals surface area contributed by atoms with Crippen molar-refractivity contribution in [2.45, 2.75) is 30.1 Å². The van der Waals surface area contributed by atoms with Crippen molar-refractivity contribution >= 4 is 12.4 Å².